The molecule has 0 aliphatic heterocycles. The quantitative estimate of drug-likeness (QED) is 0.773. The Balaban J connectivity index is 1.93. The van der Waals surface area contributed by atoms with Gasteiger partial charge in [0.2, 0.25) is 5.95 Å². The number of thiophene rings is 1. The molecular formula is C14H15N5S. The summed E-state index contributed by atoms with van der Waals surface area (Å²) in [5.41, 5.74) is 7.92. The third-order valence-electron chi connectivity index (χ3n) is 3.07. The van der Waals surface area contributed by atoms with Gasteiger partial charge in [-0.3, -0.25) is 4.98 Å². The van der Waals surface area contributed by atoms with Crippen molar-refractivity contribution >= 4 is 33.3 Å². The highest BCUT2D eigenvalue weighted by Gasteiger charge is 2.09. The standard InChI is InChI=1S/C14H15N5S/c1-8-4-3-5-16-11(8)7-17-12-10-6-9(2)20-13(10)19-14(15)18-12/h3-6H,7H2,1-2H3,(H3,15,17,18,19). The number of rotatable bonds is 3. The number of aromatic nitrogens is 3. The molecule has 0 spiro atoms. The van der Waals surface area contributed by atoms with Gasteiger partial charge in [-0.05, 0) is 31.5 Å². The summed E-state index contributed by atoms with van der Waals surface area (Å²) in [7, 11) is 0. The summed E-state index contributed by atoms with van der Waals surface area (Å²) in [5.74, 6) is 1.06. The minimum atomic E-state index is 0.291. The molecule has 0 atom stereocenters. The van der Waals surface area contributed by atoms with Gasteiger partial charge in [-0.1, -0.05) is 6.07 Å². The third kappa shape index (κ3) is 2.42. The number of nitrogens with two attached hydrogens (primary N) is 1. The van der Waals surface area contributed by atoms with Crippen molar-refractivity contribution in [3.05, 3.63) is 40.5 Å². The molecule has 0 saturated heterocycles. The summed E-state index contributed by atoms with van der Waals surface area (Å²) < 4.78 is 0. The first-order chi connectivity index (χ1) is 9.63. The molecule has 3 rings (SSSR count). The Labute approximate surface area is 120 Å². The van der Waals surface area contributed by atoms with Gasteiger partial charge < -0.3 is 11.1 Å². The monoisotopic (exact) mass is 285 g/mol. The number of hydrogen-bond donors (Lipinski definition) is 2. The van der Waals surface area contributed by atoms with Crippen LogP contribution in [0.3, 0.4) is 0 Å². The number of fused-ring (bicyclic) bond motifs is 1. The lowest BCUT2D eigenvalue weighted by molar-refractivity contribution is 1.01. The molecule has 6 heteroatoms. The fourth-order valence-corrected chi connectivity index (χ4v) is 2.95. The van der Waals surface area contributed by atoms with E-state index in [9.17, 15) is 0 Å². The second kappa shape index (κ2) is 5.05. The number of aryl methyl sites for hydroxylation is 2. The highest BCUT2D eigenvalue weighted by atomic mass is 32.1. The second-order valence-electron chi connectivity index (χ2n) is 4.63. The van der Waals surface area contributed by atoms with Gasteiger partial charge in [0.1, 0.15) is 10.6 Å². The molecule has 0 aliphatic carbocycles. The normalized spacial score (nSPS) is 10.9. The van der Waals surface area contributed by atoms with Crippen LogP contribution in [0, 0.1) is 13.8 Å². The van der Waals surface area contributed by atoms with E-state index in [2.05, 4.69) is 33.3 Å². The molecule has 0 aromatic carbocycles. The molecule has 0 radical (unpaired) electrons. The van der Waals surface area contributed by atoms with Crippen LogP contribution >= 0.6 is 11.3 Å². The third-order valence-corrected chi connectivity index (χ3v) is 4.02. The van der Waals surface area contributed by atoms with Crippen LogP contribution in [0.4, 0.5) is 11.8 Å². The topological polar surface area (TPSA) is 76.7 Å². The number of nitrogens with one attached hydrogen (secondary N) is 1. The van der Waals surface area contributed by atoms with Gasteiger partial charge in [-0.15, -0.1) is 11.3 Å². The molecule has 3 heterocycles. The van der Waals surface area contributed by atoms with Crippen LogP contribution in [-0.4, -0.2) is 15.0 Å². The molecule has 5 nitrogen and oxygen atoms in total. The van der Waals surface area contributed by atoms with E-state index in [1.165, 1.54) is 4.88 Å². The van der Waals surface area contributed by atoms with Gasteiger partial charge in [0.15, 0.2) is 0 Å². The van der Waals surface area contributed by atoms with E-state index in [0.717, 1.165) is 27.3 Å². The average molecular weight is 285 g/mol. The van der Waals surface area contributed by atoms with Gasteiger partial charge >= 0.3 is 0 Å². The molecule has 0 amide bonds. The van der Waals surface area contributed by atoms with Gasteiger partial charge in [-0.25, -0.2) is 4.98 Å². The number of anilines is 2. The molecule has 102 valence electrons. The van der Waals surface area contributed by atoms with E-state index in [-0.39, 0.29) is 0 Å². The predicted octanol–water partition coefficient (Wildman–Crippen LogP) is 2.90. The Morgan fingerprint density at radius 3 is 2.95 bits per heavy atom. The van der Waals surface area contributed by atoms with Gasteiger partial charge in [0.05, 0.1) is 17.6 Å². The maximum atomic E-state index is 5.76. The zero-order chi connectivity index (χ0) is 14.1. The first kappa shape index (κ1) is 12.8. The largest absolute Gasteiger partial charge is 0.368 e. The zero-order valence-corrected chi connectivity index (χ0v) is 12.2. The maximum Gasteiger partial charge on any atom is 0.223 e. The summed E-state index contributed by atoms with van der Waals surface area (Å²) in [6, 6.07) is 6.05. The van der Waals surface area contributed by atoms with Crippen molar-refractivity contribution in [3.8, 4) is 0 Å². The molecule has 0 unspecified atom stereocenters. The highest BCUT2D eigenvalue weighted by molar-refractivity contribution is 7.18. The van der Waals surface area contributed by atoms with Crippen molar-refractivity contribution in [3.63, 3.8) is 0 Å². The highest BCUT2D eigenvalue weighted by Crippen LogP contribution is 2.29. The lowest BCUT2D eigenvalue weighted by Gasteiger charge is -2.08. The van der Waals surface area contributed by atoms with Crippen molar-refractivity contribution in [1.82, 2.24) is 15.0 Å². The van der Waals surface area contributed by atoms with Crippen molar-refractivity contribution < 1.29 is 0 Å². The minimum Gasteiger partial charge on any atom is -0.368 e. The van der Waals surface area contributed by atoms with E-state index in [4.69, 9.17) is 5.73 Å². The minimum absolute atomic E-state index is 0.291. The second-order valence-corrected chi connectivity index (χ2v) is 5.86. The Hall–Kier alpha value is -2.21. The maximum absolute atomic E-state index is 5.76. The summed E-state index contributed by atoms with van der Waals surface area (Å²) in [6.45, 7) is 4.71. The van der Waals surface area contributed by atoms with Gasteiger partial charge in [0.25, 0.3) is 0 Å². The van der Waals surface area contributed by atoms with Crippen molar-refractivity contribution in [2.75, 3.05) is 11.1 Å². The smallest absolute Gasteiger partial charge is 0.223 e. The molecule has 3 aromatic heterocycles. The first-order valence-corrected chi connectivity index (χ1v) is 7.13. The van der Waals surface area contributed by atoms with Crippen molar-refractivity contribution in [2.45, 2.75) is 20.4 Å². The molecule has 3 N–H and O–H groups in total. The van der Waals surface area contributed by atoms with E-state index in [0.29, 0.717) is 12.5 Å². The van der Waals surface area contributed by atoms with Crippen LogP contribution in [0.5, 0.6) is 0 Å². The Morgan fingerprint density at radius 2 is 2.15 bits per heavy atom. The SMILES string of the molecule is Cc1cc2c(NCc3ncccc3C)nc(N)nc2s1. The van der Waals surface area contributed by atoms with Crippen LogP contribution in [0.15, 0.2) is 24.4 Å². The molecular weight excluding hydrogens is 270 g/mol. The lowest BCUT2D eigenvalue weighted by Crippen LogP contribution is -2.07. The van der Waals surface area contributed by atoms with Crippen molar-refractivity contribution in [1.29, 1.82) is 0 Å². The van der Waals surface area contributed by atoms with Gasteiger partial charge in [-0.2, -0.15) is 4.98 Å². The predicted molar refractivity (Wildman–Crippen MR) is 82.9 cm³/mol. The van der Waals surface area contributed by atoms with Crippen LogP contribution in [0.25, 0.3) is 10.2 Å². The lowest BCUT2D eigenvalue weighted by atomic mass is 10.2. The summed E-state index contributed by atoms with van der Waals surface area (Å²) in [4.78, 5) is 15.0. The Bertz CT molecular complexity index is 765. The molecule has 0 bridgehead atoms. The molecule has 0 saturated carbocycles. The Morgan fingerprint density at radius 1 is 1.30 bits per heavy atom. The number of pyridine rings is 1. The first-order valence-electron chi connectivity index (χ1n) is 6.31. The van der Waals surface area contributed by atoms with Crippen LogP contribution in [0.2, 0.25) is 0 Å². The van der Waals surface area contributed by atoms with Crippen LogP contribution < -0.4 is 11.1 Å². The van der Waals surface area contributed by atoms with Crippen LogP contribution in [-0.2, 0) is 6.54 Å². The number of hydrogen-bond acceptors (Lipinski definition) is 6. The Kier molecular flexibility index (Phi) is 3.23. The molecule has 20 heavy (non-hydrogen) atoms. The fourth-order valence-electron chi connectivity index (χ4n) is 2.06. The number of nitrogens with zero attached hydrogens (tertiary/aromatic N) is 3. The summed E-state index contributed by atoms with van der Waals surface area (Å²) in [6.07, 6.45) is 1.79. The summed E-state index contributed by atoms with van der Waals surface area (Å²) in [5, 5.41) is 4.32. The summed E-state index contributed by atoms with van der Waals surface area (Å²) >= 11 is 1.62. The number of nitrogen functional groups attached to an aromatic ring is 1. The molecule has 0 aliphatic rings. The van der Waals surface area contributed by atoms with E-state index < -0.39 is 0 Å². The van der Waals surface area contributed by atoms with E-state index in [1.807, 2.05) is 19.1 Å². The van der Waals surface area contributed by atoms with Crippen LogP contribution in [0.1, 0.15) is 16.1 Å². The fraction of sp³-hybridized carbons (Fsp3) is 0.214. The zero-order valence-electron chi connectivity index (χ0n) is 11.3. The molecule has 3 aromatic rings. The molecule has 0 fully saturated rings. The van der Waals surface area contributed by atoms with E-state index in [1.54, 1.807) is 17.5 Å². The van der Waals surface area contributed by atoms with Crippen molar-refractivity contribution in [2.24, 2.45) is 0 Å². The average Bonchev–Trinajstić information content (AvgIpc) is 2.77. The van der Waals surface area contributed by atoms with Gasteiger partial charge in [0, 0.05) is 11.1 Å². The van der Waals surface area contributed by atoms with E-state index >= 15 is 0 Å².